The Kier molecular flexibility index (Phi) is 4.46. The van der Waals surface area contributed by atoms with Gasteiger partial charge in [-0.05, 0) is 45.7 Å². The summed E-state index contributed by atoms with van der Waals surface area (Å²) in [6.45, 7) is 7.81. The maximum atomic E-state index is 11.5. The van der Waals surface area contributed by atoms with Crippen LogP contribution < -0.4 is 0 Å². The molecule has 1 amide bonds. The van der Waals surface area contributed by atoms with Crippen LogP contribution in [0.15, 0.2) is 18.6 Å². The highest BCUT2D eigenvalue weighted by Crippen LogP contribution is 2.30. The van der Waals surface area contributed by atoms with Gasteiger partial charge in [0.25, 0.3) is 0 Å². The molecule has 0 aromatic carbocycles. The largest absolute Gasteiger partial charge is 0.343 e. The zero-order chi connectivity index (χ0) is 17.4. The van der Waals surface area contributed by atoms with Crippen molar-refractivity contribution >= 4 is 11.4 Å². The number of likely N-dealkylation sites (tertiary alicyclic amines) is 2. The molecule has 4 rings (SSSR count). The lowest BCUT2D eigenvalue weighted by molar-refractivity contribution is -0.130. The molecule has 2 aliphatic heterocycles. The minimum atomic E-state index is 0.216. The van der Waals surface area contributed by atoms with E-state index >= 15 is 0 Å². The first-order valence-electron chi connectivity index (χ1n) is 9.41. The summed E-state index contributed by atoms with van der Waals surface area (Å²) in [6.07, 6.45) is 10.4. The fourth-order valence-electron chi connectivity index (χ4n) is 4.45. The van der Waals surface area contributed by atoms with Crippen LogP contribution in [-0.4, -0.2) is 62.3 Å². The molecular weight excluding hydrogens is 314 g/mol. The first-order valence-corrected chi connectivity index (χ1v) is 9.41. The Balaban J connectivity index is 1.38. The molecule has 0 unspecified atom stereocenters. The van der Waals surface area contributed by atoms with Crippen LogP contribution in [-0.2, 0) is 4.79 Å². The van der Waals surface area contributed by atoms with Gasteiger partial charge in [-0.1, -0.05) is 0 Å². The summed E-state index contributed by atoms with van der Waals surface area (Å²) in [5.41, 5.74) is 2.16. The molecule has 0 spiro atoms. The number of hydrogen-bond donors (Lipinski definition) is 0. The standard InChI is InChI=1S/C19H27N5O/c1-14-18-13-21-19(24(18)12-7-20-14)16-3-8-23(9-4-16)17-5-10-22(11-6-17)15(2)25/h7,12-13,16-17H,3-6,8-11H2,1-2H3. The predicted octanol–water partition coefficient (Wildman–Crippen LogP) is 2.23. The molecule has 0 atom stereocenters. The van der Waals surface area contributed by atoms with Crippen LogP contribution in [0, 0.1) is 6.92 Å². The zero-order valence-electron chi connectivity index (χ0n) is 15.2. The third-order valence-corrected chi connectivity index (χ3v) is 6.00. The molecule has 0 aliphatic carbocycles. The lowest BCUT2D eigenvalue weighted by Crippen LogP contribution is -2.48. The lowest BCUT2D eigenvalue weighted by Gasteiger charge is -2.41. The Hall–Kier alpha value is -1.95. The molecule has 2 fully saturated rings. The van der Waals surface area contributed by atoms with Gasteiger partial charge in [0.1, 0.15) is 5.82 Å². The van der Waals surface area contributed by atoms with Gasteiger partial charge in [0.15, 0.2) is 0 Å². The van der Waals surface area contributed by atoms with Crippen LogP contribution in [0.2, 0.25) is 0 Å². The number of nitrogens with zero attached hydrogens (tertiary/aromatic N) is 5. The summed E-state index contributed by atoms with van der Waals surface area (Å²) < 4.78 is 2.22. The van der Waals surface area contributed by atoms with E-state index in [2.05, 4.69) is 14.3 Å². The van der Waals surface area contributed by atoms with Crippen molar-refractivity contribution in [2.24, 2.45) is 0 Å². The van der Waals surface area contributed by atoms with Crippen LogP contribution in [0.1, 0.15) is 50.0 Å². The normalized spacial score (nSPS) is 21.1. The number of imidazole rings is 1. The number of fused-ring (bicyclic) bond motifs is 1. The fraction of sp³-hybridized carbons (Fsp3) is 0.632. The Morgan fingerprint density at radius 3 is 2.48 bits per heavy atom. The number of hydrogen-bond acceptors (Lipinski definition) is 4. The Morgan fingerprint density at radius 2 is 1.80 bits per heavy atom. The van der Waals surface area contributed by atoms with E-state index in [9.17, 15) is 4.79 Å². The number of carbonyl (C=O) groups is 1. The van der Waals surface area contributed by atoms with E-state index in [4.69, 9.17) is 4.98 Å². The summed E-state index contributed by atoms with van der Waals surface area (Å²) in [5, 5.41) is 0. The quantitative estimate of drug-likeness (QED) is 0.840. The van der Waals surface area contributed by atoms with E-state index in [-0.39, 0.29) is 5.91 Å². The first-order chi connectivity index (χ1) is 12.1. The van der Waals surface area contributed by atoms with Gasteiger partial charge in [-0.2, -0.15) is 0 Å². The van der Waals surface area contributed by atoms with E-state index in [1.165, 1.54) is 5.82 Å². The molecule has 6 heteroatoms. The summed E-state index contributed by atoms with van der Waals surface area (Å²) >= 11 is 0. The number of piperidine rings is 2. The summed E-state index contributed by atoms with van der Waals surface area (Å²) in [7, 11) is 0. The molecule has 6 nitrogen and oxygen atoms in total. The van der Waals surface area contributed by atoms with Gasteiger partial charge < -0.3 is 14.2 Å². The van der Waals surface area contributed by atoms with E-state index in [0.717, 1.165) is 63.1 Å². The Morgan fingerprint density at radius 1 is 1.08 bits per heavy atom. The predicted molar refractivity (Wildman–Crippen MR) is 96.5 cm³/mol. The van der Waals surface area contributed by atoms with Crippen LogP contribution in [0.25, 0.3) is 5.52 Å². The van der Waals surface area contributed by atoms with E-state index in [0.29, 0.717) is 12.0 Å². The second kappa shape index (κ2) is 6.75. The SMILES string of the molecule is CC(=O)N1CCC(N2CCC(c3ncc4c(C)nccn34)CC2)CC1. The van der Waals surface area contributed by atoms with Gasteiger partial charge in [-0.25, -0.2) is 4.98 Å². The molecule has 2 saturated heterocycles. The molecule has 2 aromatic rings. The van der Waals surface area contributed by atoms with Gasteiger partial charge in [0.05, 0.1) is 17.4 Å². The monoisotopic (exact) mass is 341 g/mol. The number of carbonyl (C=O) groups excluding carboxylic acids is 1. The van der Waals surface area contributed by atoms with Crippen molar-refractivity contribution in [1.29, 1.82) is 0 Å². The maximum Gasteiger partial charge on any atom is 0.219 e. The molecule has 2 aliphatic rings. The van der Waals surface area contributed by atoms with Crippen LogP contribution in [0.4, 0.5) is 0 Å². The number of aryl methyl sites for hydroxylation is 1. The van der Waals surface area contributed by atoms with Crippen molar-refractivity contribution in [3.05, 3.63) is 30.1 Å². The van der Waals surface area contributed by atoms with Crippen molar-refractivity contribution < 1.29 is 4.79 Å². The summed E-state index contributed by atoms with van der Waals surface area (Å²) in [5.74, 6) is 1.93. The number of rotatable bonds is 2. The van der Waals surface area contributed by atoms with Crippen LogP contribution >= 0.6 is 0 Å². The highest BCUT2D eigenvalue weighted by atomic mass is 16.2. The van der Waals surface area contributed by atoms with Crippen LogP contribution in [0.3, 0.4) is 0 Å². The molecule has 2 aromatic heterocycles. The van der Waals surface area contributed by atoms with Crippen molar-refractivity contribution in [3.8, 4) is 0 Å². The van der Waals surface area contributed by atoms with Crippen molar-refractivity contribution in [2.45, 2.75) is 51.5 Å². The van der Waals surface area contributed by atoms with Gasteiger partial charge in [-0.15, -0.1) is 0 Å². The summed E-state index contributed by atoms with van der Waals surface area (Å²) in [6, 6.07) is 0.639. The highest BCUT2D eigenvalue weighted by Gasteiger charge is 2.30. The zero-order valence-corrected chi connectivity index (χ0v) is 15.2. The van der Waals surface area contributed by atoms with Crippen LogP contribution in [0.5, 0.6) is 0 Å². The molecule has 134 valence electrons. The molecule has 4 heterocycles. The average Bonchev–Trinajstić information content (AvgIpc) is 3.07. The van der Waals surface area contributed by atoms with Crippen molar-refractivity contribution in [3.63, 3.8) is 0 Å². The van der Waals surface area contributed by atoms with Gasteiger partial charge >= 0.3 is 0 Å². The maximum absolute atomic E-state index is 11.5. The molecule has 25 heavy (non-hydrogen) atoms. The molecular formula is C19H27N5O. The van der Waals surface area contributed by atoms with E-state index in [1.807, 2.05) is 30.4 Å². The number of aromatic nitrogens is 3. The van der Waals surface area contributed by atoms with Gasteiger partial charge in [-0.3, -0.25) is 9.78 Å². The third kappa shape index (κ3) is 3.15. The second-order valence-corrected chi connectivity index (χ2v) is 7.43. The van der Waals surface area contributed by atoms with E-state index in [1.54, 1.807) is 6.92 Å². The average molecular weight is 341 g/mol. The Bertz CT molecular complexity index is 754. The minimum Gasteiger partial charge on any atom is -0.343 e. The fourth-order valence-corrected chi connectivity index (χ4v) is 4.45. The number of amides is 1. The Labute approximate surface area is 148 Å². The smallest absolute Gasteiger partial charge is 0.219 e. The van der Waals surface area contributed by atoms with Crippen molar-refractivity contribution in [1.82, 2.24) is 24.2 Å². The van der Waals surface area contributed by atoms with Crippen molar-refractivity contribution in [2.75, 3.05) is 26.2 Å². The van der Waals surface area contributed by atoms with Gasteiger partial charge in [0, 0.05) is 44.4 Å². The summed E-state index contributed by atoms with van der Waals surface area (Å²) in [4.78, 5) is 25.2. The lowest BCUT2D eigenvalue weighted by atomic mass is 9.93. The highest BCUT2D eigenvalue weighted by molar-refractivity contribution is 5.73. The second-order valence-electron chi connectivity index (χ2n) is 7.43. The molecule has 0 N–H and O–H groups in total. The first kappa shape index (κ1) is 16.5. The molecule has 0 bridgehead atoms. The third-order valence-electron chi connectivity index (χ3n) is 6.00. The molecule has 0 radical (unpaired) electrons. The topological polar surface area (TPSA) is 53.7 Å². The molecule has 0 saturated carbocycles. The minimum absolute atomic E-state index is 0.216. The van der Waals surface area contributed by atoms with E-state index < -0.39 is 0 Å². The van der Waals surface area contributed by atoms with Gasteiger partial charge in [0.2, 0.25) is 5.91 Å².